The quantitative estimate of drug-likeness (QED) is 0.899. The molecule has 1 N–H and O–H groups in total. The molecule has 1 aromatic carbocycles. The van der Waals surface area contributed by atoms with Crippen LogP contribution in [0.5, 0.6) is 0 Å². The van der Waals surface area contributed by atoms with Crippen LogP contribution in [-0.2, 0) is 0 Å². The fraction of sp³-hybridized carbons (Fsp3) is 0.375. The molecule has 0 bridgehead atoms. The minimum Gasteiger partial charge on any atom is -0.357 e. The van der Waals surface area contributed by atoms with Gasteiger partial charge in [-0.3, -0.25) is 0 Å². The van der Waals surface area contributed by atoms with Gasteiger partial charge < -0.3 is 10.2 Å². The van der Waals surface area contributed by atoms with Crippen LogP contribution >= 0.6 is 0 Å². The minimum atomic E-state index is 0.649. The standard InChI is InChI=1S/C16H22N4/c1-5-20(6-2)15-11-13(4)17-16(19-15)18-14-9-7-12(3)8-10-14/h7-11H,5-6H2,1-4H3,(H,17,18,19). The average Bonchev–Trinajstić information content (AvgIpc) is 2.42. The molecule has 0 saturated carbocycles. The summed E-state index contributed by atoms with van der Waals surface area (Å²) in [5, 5.41) is 3.27. The van der Waals surface area contributed by atoms with Crippen LogP contribution in [0.2, 0.25) is 0 Å². The number of nitrogens with one attached hydrogen (secondary N) is 1. The summed E-state index contributed by atoms with van der Waals surface area (Å²) in [4.78, 5) is 11.3. The highest BCUT2D eigenvalue weighted by atomic mass is 15.2. The summed E-state index contributed by atoms with van der Waals surface area (Å²) in [6, 6.07) is 10.2. The third kappa shape index (κ3) is 3.47. The van der Waals surface area contributed by atoms with Gasteiger partial charge in [0.2, 0.25) is 5.95 Å². The number of anilines is 3. The van der Waals surface area contributed by atoms with Crippen LogP contribution < -0.4 is 10.2 Å². The van der Waals surface area contributed by atoms with Gasteiger partial charge >= 0.3 is 0 Å². The Labute approximate surface area is 120 Å². The zero-order chi connectivity index (χ0) is 14.5. The van der Waals surface area contributed by atoms with Crippen LogP contribution in [0.15, 0.2) is 30.3 Å². The van der Waals surface area contributed by atoms with Crippen molar-refractivity contribution in [1.82, 2.24) is 9.97 Å². The highest BCUT2D eigenvalue weighted by Gasteiger charge is 2.07. The molecule has 0 fully saturated rings. The van der Waals surface area contributed by atoms with E-state index in [2.05, 4.69) is 53.1 Å². The molecule has 0 amide bonds. The lowest BCUT2D eigenvalue weighted by molar-refractivity contribution is 0.840. The summed E-state index contributed by atoms with van der Waals surface area (Å²) < 4.78 is 0. The Morgan fingerprint density at radius 2 is 1.65 bits per heavy atom. The van der Waals surface area contributed by atoms with Gasteiger partial charge in [0.05, 0.1) is 0 Å². The summed E-state index contributed by atoms with van der Waals surface area (Å²) in [5.41, 5.74) is 3.22. The van der Waals surface area contributed by atoms with Gasteiger partial charge in [-0.05, 0) is 39.8 Å². The predicted octanol–water partition coefficient (Wildman–Crippen LogP) is 3.68. The van der Waals surface area contributed by atoms with E-state index in [9.17, 15) is 0 Å². The molecule has 0 unspecified atom stereocenters. The largest absolute Gasteiger partial charge is 0.357 e. The van der Waals surface area contributed by atoms with Gasteiger partial charge in [-0.1, -0.05) is 17.7 Å². The van der Waals surface area contributed by atoms with Crippen molar-refractivity contribution >= 4 is 17.5 Å². The lowest BCUT2D eigenvalue weighted by Crippen LogP contribution is -2.23. The highest BCUT2D eigenvalue weighted by Crippen LogP contribution is 2.18. The lowest BCUT2D eigenvalue weighted by atomic mass is 10.2. The number of aromatic nitrogens is 2. The van der Waals surface area contributed by atoms with E-state index in [-0.39, 0.29) is 0 Å². The predicted molar refractivity (Wildman–Crippen MR) is 84.8 cm³/mol. The SMILES string of the molecule is CCN(CC)c1cc(C)nc(Nc2ccc(C)cc2)n1. The van der Waals surface area contributed by atoms with Gasteiger partial charge in [0.25, 0.3) is 0 Å². The summed E-state index contributed by atoms with van der Waals surface area (Å²) in [6.07, 6.45) is 0. The van der Waals surface area contributed by atoms with Crippen LogP contribution in [0.1, 0.15) is 25.1 Å². The van der Waals surface area contributed by atoms with Crippen LogP contribution in [0.4, 0.5) is 17.5 Å². The van der Waals surface area contributed by atoms with Gasteiger partial charge in [-0.2, -0.15) is 4.98 Å². The van der Waals surface area contributed by atoms with E-state index in [1.54, 1.807) is 0 Å². The van der Waals surface area contributed by atoms with Crippen LogP contribution in [0.3, 0.4) is 0 Å². The molecule has 0 aliphatic carbocycles. The molecular formula is C16H22N4. The smallest absolute Gasteiger partial charge is 0.229 e. The fourth-order valence-electron chi connectivity index (χ4n) is 2.08. The molecule has 2 aromatic rings. The van der Waals surface area contributed by atoms with Gasteiger partial charge in [0.15, 0.2) is 0 Å². The first kappa shape index (κ1) is 14.3. The molecule has 106 valence electrons. The normalized spacial score (nSPS) is 10.4. The molecule has 20 heavy (non-hydrogen) atoms. The monoisotopic (exact) mass is 270 g/mol. The summed E-state index contributed by atoms with van der Waals surface area (Å²) in [5.74, 6) is 1.62. The van der Waals surface area contributed by atoms with E-state index in [4.69, 9.17) is 0 Å². The van der Waals surface area contributed by atoms with Gasteiger partial charge in [-0.25, -0.2) is 4.98 Å². The third-order valence-electron chi connectivity index (χ3n) is 3.24. The topological polar surface area (TPSA) is 41.1 Å². The van der Waals surface area contributed by atoms with Crippen molar-refractivity contribution in [3.05, 3.63) is 41.6 Å². The first-order chi connectivity index (χ1) is 9.62. The molecule has 0 spiro atoms. The summed E-state index contributed by atoms with van der Waals surface area (Å²) >= 11 is 0. The molecule has 0 radical (unpaired) electrons. The molecule has 4 heteroatoms. The van der Waals surface area contributed by atoms with Crippen molar-refractivity contribution in [2.45, 2.75) is 27.7 Å². The van der Waals surface area contributed by atoms with Gasteiger partial charge in [0.1, 0.15) is 5.82 Å². The Balaban J connectivity index is 2.25. The van der Waals surface area contributed by atoms with E-state index in [1.807, 2.05) is 25.1 Å². The number of benzene rings is 1. The summed E-state index contributed by atoms with van der Waals surface area (Å²) in [7, 11) is 0. The number of hydrogen-bond donors (Lipinski definition) is 1. The van der Waals surface area contributed by atoms with E-state index in [0.29, 0.717) is 5.95 Å². The molecule has 4 nitrogen and oxygen atoms in total. The third-order valence-corrected chi connectivity index (χ3v) is 3.24. The van der Waals surface area contributed by atoms with Gasteiger partial charge in [0, 0.05) is 30.5 Å². The first-order valence-corrected chi connectivity index (χ1v) is 7.06. The molecule has 0 aliphatic heterocycles. The van der Waals surface area contributed by atoms with Crippen molar-refractivity contribution < 1.29 is 0 Å². The van der Waals surface area contributed by atoms with E-state index >= 15 is 0 Å². The molecule has 0 saturated heterocycles. The van der Waals surface area contributed by atoms with E-state index in [0.717, 1.165) is 30.3 Å². The second-order valence-corrected chi connectivity index (χ2v) is 4.85. The Kier molecular flexibility index (Phi) is 4.56. The fourth-order valence-corrected chi connectivity index (χ4v) is 2.08. The zero-order valence-electron chi connectivity index (χ0n) is 12.6. The number of aryl methyl sites for hydroxylation is 2. The summed E-state index contributed by atoms with van der Waals surface area (Å²) in [6.45, 7) is 10.2. The van der Waals surface area contributed by atoms with Crippen LogP contribution in [0, 0.1) is 13.8 Å². The van der Waals surface area contributed by atoms with Crippen molar-refractivity contribution in [3.8, 4) is 0 Å². The van der Waals surface area contributed by atoms with Crippen molar-refractivity contribution in [3.63, 3.8) is 0 Å². The zero-order valence-corrected chi connectivity index (χ0v) is 12.6. The Morgan fingerprint density at radius 1 is 1.00 bits per heavy atom. The molecule has 0 aliphatic rings. The molecule has 0 atom stereocenters. The molecular weight excluding hydrogens is 248 g/mol. The van der Waals surface area contributed by atoms with Crippen molar-refractivity contribution in [2.75, 3.05) is 23.3 Å². The molecule has 1 aromatic heterocycles. The minimum absolute atomic E-state index is 0.649. The lowest BCUT2D eigenvalue weighted by Gasteiger charge is -2.20. The van der Waals surface area contributed by atoms with Crippen LogP contribution in [-0.4, -0.2) is 23.1 Å². The number of rotatable bonds is 5. The molecule has 2 rings (SSSR count). The Hall–Kier alpha value is -2.10. The first-order valence-electron chi connectivity index (χ1n) is 7.06. The maximum atomic E-state index is 4.60. The van der Waals surface area contributed by atoms with Crippen LogP contribution in [0.25, 0.3) is 0 Å². The average molecular weight is 270 g/mol. The Morgan fingerprint density at radius 3 is 2.25 bits per heavy atom. The second kappa shape index (κ2) is 6.37. The van der Waals surface area contributed by atoms with E-state index < -0.39 is 0 Å². The Bertz CT molecular complexity index is 559. The highest BCUT2D eigenvalue weighted by molar-refractivity contribution is 5.56. The van der Waals surface area contributed by atoms with E-state index in [1.165, 1.54) is 5.56 Å². The van der Waals surface area contributed by atoms with Crippen molar-refractivity contribution in [1.29, 1.82) is 0 Å². The maximum absolute atomic E-state index is 4.60. The number of hydrogen-bond acceptors (Lipinski definition) is 4. The number of nitrogens with zero attached hydrogens (tertiary/aromatic N) is 3. The second-order valence-electron chi connectivity index (χ2n) is 4.85. The molecule has 1 heterocycles. The van der Waals surface area contributed by atoms with Crippen molar-refractivity contribution in [2.24, 2.45) is 0 Å². The van der Waals surface area contributed by atoms with Gasteiger partial charge in [-0.15, -0.1) is 0 Å². The maximum Gasteiger partial charge on any atom is 0.229 e.